The van der Waals surface area contributed by atoms with Gasteiger partial charge in [0.15, 0.2) is 0 Å². The molecule has 0 aliphatic rings. The summed E-state index contributed by atoms with van der Waals surface area (Å²) in [6, 6.07) is 1.90. The molecule has 0 spiro atoms. The van der Waals surface area contributed by atoms with Crippen LogP contribution in [-0.4, -0.2) is 10.8 Å². The van der Waals surface area contributed by atoms with Crippen LogP contribution >= 0.6 is 11.6 Å². The molecule has 0 N–H and O–H groups in total. The second-order valence-corrected chi connectivity index (χ2v) is 3.62. The lowest BCUT2D eigenvalue weighted by Gasteiger charge is -2.02. The number of ketones is 1. The molecule has 0 amide bonds. The van der Waals surface area contributed by atoms with Gasteiger partial charge in [-0.15, -0.1) is 0 Å². The Bertz CT molecular complexity index is 312. The summed E-state index contributed by atoms with van der Waals surface area (Å²) in [5, 5.41) is 0.691. The molecule has 1 aromatic heterocycles. The van der Waals surface area contributed by atoms with Gasteiger partial charge < -0.3 is 0 Å². The lowest BCUT2D eigenvalue weighted by molar-refractivity contribution is -0.118. The van der Waals surface area contributed by atoms with Crippen molar-refractivity contribution in [3.05, 3.63) is 29.0 Å². The fourth-order valence-electron chi connectivity index (χ4n) is 1.26. The molecule has 2 nitrogen and oxygen atoms in total. The van der Waals surface area contributed by atoms with E-state index in [4.69, 9.17) is 11.6 Å². The number of hydrogen-bond acceptors (Lipinski definition) is 2. The molecule has 76 valence electrons. The number of aryl methyl sites for hydroxylation is 1. The van der Waals surface area contributed by atoms with Crippen LogP contribution in [0.2, 0.25) is 5.02 Å². The largest absolute Gasteiger partial charge is 0.300 e. The molecule has 0 saturated carbocycles. The van der Waals surface area contributed by atoms with Gasteiger partial charge in [0.1, 0.15) is 5.78 Å². The van der Waals surface area contributed by atoms with Crippen LogP contribution in [0.25, 0.3) is 0 Å². The van der Waals surface area contributed by atoms with Crippen LogP contribution in [-0.2, 0) is 11.2 Å². The average molecular weight is 212 g/mol. The predicted molar refractivity (Wildman–Crippen MR) is 57.5 cm³/mol. The van der Waals surface area contributed by atoms with Crippen molar-refractivity contribution in [3.63, 3.8) is 0 Å². The summed E-state index contributed by atoms with van der Waals surface area (Å²) in [4.78, 5) is 14.9. The van der Waals surface area contributed by atoms with Crippen molar-refractivity contribution in [2.75, 3.05) is 0 Å². The summed E-state index contributed by atoms with van der Waals surface area (Å²) >= 11 is 5.93. The van der Waals surface area contributed by atoms with Gasteiger partial charge in [0.2, 0.25) is 0 Å². The molecule has 1 aromatic rings. The molecule has 0 saturated heterocycles. The van der Waals surface area contributed by atoms with Crippen LogP contribution < -0.4 is 0 Å². The first-order valence-electron chi connectivity index (χ1n) is 4.84. The van der Waals surface area contributed by atoms with Gasteiger partial charge in [-0.2, -0.15) is 0 Å². The van der Waals surface area contributed by atoms with Crippen LogP contribution in [0.4, 0.5) is 0 Å². The molecular weight excluding hydrogens is 198 g/mol. The number of carbonyl (C=O) groups excluding carboxylic acids is 1. The minimum Gasteiger partial charge on any atom is -0.300 e. The summed E-state index contributed by atoms with van der Waals surface area (Å²) < 4.78 is 0. The van der Waals surface area contributed by atoms with E-state index in [1.54, 1.807) is 12.4 Å². The summed E-state index contributed by atoms with van der Waals surface area (Å²) in [5.41, 5.74) is 1.07. The second-order valence-electron chi connectivity index (χ2n) is 3.21. The molecular formula is C11H14ClNO. The summed E-state index contributed by atoms with van der Waals surface area (Å²) in [6.07, 6.45) is 6.37. The number of rotatable bonds is 5. The van der Waals surface area contributed by atoms with Crippen molar-refractivity contribution in [3.8, 4) is 0 Å². The van der Waals surface area contributed by atoms with Crippen LogP contribution in [0.5, 0.6) is 0 Å². The molecule has 0 aromatic carbocycles. The SMILES string of the molecule is CCC(=O)CCCc1ccncc1Cl. The minimum atomic E-state index is 0.315. The maximum absolute atomic E-state index is 11.0. The van der Waals surface area contributed by atoms with Crippen LogP contribution in [0.3, 0.4) is 0 Å². The Labute approximate surface area is 89.3 Å². The van der Waals surface area contributed by atoms with E-state index >= 15 is 0 Å². The van der Waals surface area contributed by atoms with Crippen LogP contribution in [0.15, 0.2) is 18.5 Å². The van der Waals surface area contributed by atoms with Crippen molar-refractivity contribution in [2.45, 2.75) is 32.6 Å². The number of pyridine rings is 1. The van der Waals surface area contributed by atoms with E-state index in [1.807, 2.05) is 13.0 Å². The normalized spacial score (nSPS) is 10.1. The van der Waals surface area contributed by atoms with E-state index in [9.17, 15) is 4.79 Å². The zero-order valence-corrected chi connectivity index (χ0v) is 9.05. The Morgan fingerprint density at radius 2 is 2.36 bits per heavy atom. The molecule has 1 heterocycles. The van der Waals surface area contributed by atoms with Crippen molar-refractivity contribution in [1.82, 2.24) is 4.98 Å². The van der Waals surface area contributed by atoms with E-state index in [0.29, 0.717) is 23.6 Å². The summed E-state index contributed by atoms with van der Waals surface area (Å²) in [5.74, 6) is 0.315. The van der Waals surface area contributed by atoms with Gasteiger partial charge >= 0.3 is 0 Å². The van der Waals surface area contributed by atoms with Crippen molar-refractivity contribution in [2.24, 2.45) is 0 Å². The van der Waals surface area contributed by atoms with Crippen LogP contribution in [0.1, 0.15) is 31.7 Å². The van der Waals surface area contributed by atoms with E-state index in [0.717, 1.165) is 18.4 Å². The lowest BCUT2D eigenvalue weighted by atomic mass is 10.1. The molecule has 1 rings (SSSR count). The molecule has 0 fully saturated rings. The highest BCUT2D eigenvalue weighted by atomic mass is 35.5. The van der Waals surface area contributed by atoms with Gasteiger partial charge in [0.05, 0.1) is 5.02 Å². The standard InChI is InChI=1S/C11H14ClNO/c1-2-10(14)5-3-4-9-6-7-13-8-11(9)12/h6-8H,2-5H2,1H3. The van der Waals surface area contributed by atoms with Gasteiger partial charge in [-0.3, -0.25) is 9.78 Å². The zero-order chi connectivity index (χ0) is 10.4. The van der Waals surface area contributed by atoms with Gasteiger partial charge in [0, 0.05) is 25.2 Å². The molecule has 0 radical (unpaired) electrons. The predicted octanol–water partition coefficient (Wildman–Crippen LogP) is 3.04. The molecule has 0 aliphatic heterocycles. The van der Waals surface area contributed by atoms with Gasteiger partial charge in [-0.25, -0.2) is 0 Å². The highest BCUT2D eigenvalue weighted by Crippen LogP contribution is 2.15. The quantitative estimate of drug-likeness (QED) is 0.750. The number of hydrogen-bond donors (Lipinski definition) is 0. The second kappa shape index (κ2) is 5.76. The first kappa shape index (κ1) is 11.2. The van der Waals surface area contributed by atoms with Crippen LogP contribution in [0, 0.1) is 0 Å². The Kier molecular flexibility index (Phi) is 4.60. The topological polar surface area (TPSA) is 30.0 Å². The Balaban J connectivity index is 2.39. The molecule has 3 heteroatoms. The smallest absolute Gasteiger partial charge is 0.132 e. The van der Waals surface area contributed by atoms with Crippen molar-refractivity contribution < 1.29 is 4.79 Å². The third-order valence-corrected chi connectivity index (χ3v) is 2.49. The molecule has 14 heavy (non-hydrogen) atoms. The highest BCUT2D eigenvalue weighted by molar-refractivity contribution is 6.31. The van der Waals surface area contributed by atoms with Crippen molar-refractivity contribution in [1.29, 1.82) is 0 Å². The fourth-order valence-corrected chi connectivity index (χ4v) is 1.47. The third kappa shape index (κ3) is 3.46. The highest BCUT2D eigenvalue weighted by Gasteiger charge is 2.01. The zero-order valence-electron chi connectivity index (χ0n) is 8.29. The number of halogens is 1. The van der Waals surface area contributed by atoms with Gasteiger partial charge in [0.25, 0.3) is 0 Å². The Morgan fingerprint density at radius 3 is 3.00 bits per heavy atom. The van der Waals surface area contributed by atoms with Gasteiger partial charge in [-0.1, -0.05) is 18.5 Å². The van der Waals surface area contributed by atoms with E-state index in [-0.39, 0.29) is 0 Å². The van der Waals surface area contributed by atoms with Gasteiger partial charge in [-0.05, 0) is 24.5 Å². The van der Waals surface area contributed by atoms with E-state index < -0.39 is 0 Å². The Morgan fingerprint density at radius 1 is 1.57 bits per heavy atom. The number of carbonyl (C=O) groups is 1. The maximum atomic E-state index is 11.0. The minimum absolute atomic E-state index is 0.315. The molecule has 0 unspecified atom stereocenters. The number of nitrogens with zero attached hydrogens (tertiary/aromatic N) is 1. The third-order valence-electron chi connectivity index (χ3n) is 2.15. The first-order chi connectivity index (χ1) is 6.74. The summed E-state index contributed by atoms with van der Waals surface area (Å²) in [6.45, 7) is 1.89. The number of aromatic nitrogens is 1. The van der Waals surface area contributed by atoms with E-state index in [2.05, 4.69) is 4.98 Å². The lowest BCUT2D eigenvalue weighted by Crippen LogP contribution is -1.96. The molecule has 0 atom stereocenters. The fraction of sp³-hybridized carbons (Fsp3) is 0.455. The number of Topliss-reactive ketones (excluding diaryl/α,β-unsaturated/α-hetero) is 1. The van der Waals surface area contributed by atoms with Crippen molar-refractivity contribution >= 4 is 17.4 Å². The maximum Gasteiger partial charge on any atom is 0.132 e. The summed E-state index contributed by atoms with van der Waals surface area (Å²) in [7, 11) is 0. The molecule has 0 aliphatic carbocycles. The Hall–Kier alpha value is -0.890. The van der Waals surface area contributed by atoms with E-state index in [1.165, 1.54) is 0 Å². The monoisotopic (exact) mass is 211 g/mol. The average Bonchev–Trinajstić information content (AvgIpc) is 2.20. The first-order valence-corrected chi connectivity index (χ1v) is 5.22. The molecule has 0 bridgehead atoms.